The molecule has 1 aliphatic heterocycles. The van der Waals surface area contributed by atoms with Gasteiger partial charge in [0.1, 0.15) is 11.6 Å². The molecule has 18 heavy (non-hydrogen) atoms. The number of nitrogens with zero attached hydrogens (tertiary/aromatic N) is 2. The predicted molar refractivity (Wildman–Crippen MR) is 71.4 cm³/mol. The molecule has 0 aromatic heterocycles. The minimum absolute atomic E-state index is 0.161. The first kappa shape index (κ1) is 13.9. The topological polar surface area (TPSA) is 6.48 Å². The zero-order valence-electron chi connectivity index (χ0n) is 10.4. The molecule has 2 rings (SSSR count). The van der Waals surface area contributed by atoms with E-state index < -0.39 is 11.6 Å². The summed E-state index contributed by atoms with van der Waals surface area (Å²) in [6, 6.07) is 2.72. The maximum absolute atomic E-state index is 13.8. The third kappa shape index (κ3) is 3.08. The van der Waals surface area contributed by atoms with E-state index in [0.29, 0.717) is 11.0 Å². The molecule has 2 nitrogen and oxygen atoms in total. The summed E-state index contributed by atoms with van der Waals surface area (Å²) in [5.74, 6) is -0.943. The van der Waals surface area contributed by atoms with Crippen LogP contribution in [0.5, 0.6) is 0 Å². The first-order valence-electron chi connectivity index (χ1n) is 6.19. The van der Waals surface area contributed by atoms with Crippen LogP contribution in [-0.2, 0) is 6.54 Å². The summed E-state index contributed by atoms with van der Waals surface area (Å²) in [5.41, 5.74) is 0.161. The molecule has 1 aromatic rings. The second-order valence-corrected chi connectivity index (χ2v) is 5.39. The van der Waals surface area contributed by atoms with Crippen LogP contribution in [0.15, 0.2) is 16.6 Å². The van der Waals surface area contributed by atoms with Gasteiger partial charge in [0, 0.05) is 38.3 Å². The third-order valence-electron chi connectivity index (χ3n) is 3.43. The highest BCUT2D eigenvalue weighted by Crippen LogP contribution is 2.23. The van der Waals surface area contributed by atoms with Gasteiger partial charge >= 0.3 is 0 Å². The summed E-state index contributed by atoms with van der Waals surface area (Å²) in [6.07, 6.45) is 0. The van der Waals surface area contributed by atoms with Gasteiger partial charge in [-0.25, -0.2) is 8.78 Å². The Balaban J connectivity index is 2.04. The van der Waals surface area contributed by atoms with E-state index in [-0.39, 0.29) is 5.56 Å². The number of piperazine rings is 1. The molecule has 5 heteroatoms. The van der Waals surface area contributed by atoms with Gasteiger partial charge in [0.25, 0.3) is 0 Å². The predicted octanol–water partition coefficient (Wildman–Crippen LogP) is 2.86. The van der Waals surface area contributed by atoms with Crippen LogP contribution in [-0.4, -0.2) is 42.5 Å². The Hall–Kier alpha value is -0.520. The zero-order chi connectivity index (χ0) is 13.1. The van der Waals surface area contributed by atoms with E-state index >= 15 is 0 Å². The van der Waals surface area contributed by atoms with Crippen LogP contribution >= 0.6 is 15.9 Å². The van der Waals surface area contributed by atoms with Crippen LogP contribution < -0.4 is 0 Å². The van der Waals surface area contributed by atoms with E-state index in [1.807, 2.05) is 0 Å². The molecule has 0 radical (unpaired) electrons. The van der Waals surface area contributed by atoms with E-state index in [9.17, 15) is 8.78 Å². The Morgan fingerprint density at radius 3 is 2.33 bits per heavy atom. The lowest BCUT2D eigenvalue weighted by Gasteiger charge is -2.34. The number of likely N-dealkylation sites (N-methyl/N-ethyl adjacent to an activating group) is 1. The molecule has 0 saturated carbocycles. The van der Waals surface area contributed by atoms with Crippen LogP contribution in [0.4, 0.5) is 8.78 Å². The molecule has 0 amide bonds. The lowest BCUT2D eigenvalue weighted by atomic mass is 10.1. The quantitative estimate of drug-likeness (QED) is 0.791. The molecule has 0 spiro atoms. The van der Waals surface area contributed by atoms with Crippen LogP contribution in [0.25, 0.3) is 0 Å². The number of halogens is 3. The standard InChI is InChI=1S/C13H17BrF2N2/c1-2-17-5-7-18(8-6-17)9-10-12(15)4-3-11(14)13(10)16/h3-4H,2,5-9H2,1H3. The maximum atomic E-state index is 13.8. The van der Waals surface area contributed by atoms with Crippen molar-refractivity contribution < 1.29 is 8.78 Å². The van der Waals surface area contributed by atoms with Crippen LogP contribution in [0.1, 0.15) is 12.5 Å². The lowest BCUT2D eigenvalue weighted by molar-refractivity contribution is 0.129. The van der Waals surface area contributed by atoms with Crippen molar-refractivity contribution in [2.24, 2.45) is 0 Å². The Kier molecular flexibility index (Phi) is 4.70. The average molecular weight is 319 g/mol. The summed E-state index contributed by atoms with van der Waals surface area (Å²) in [4.78, 5) is 4.43. The highest BCUT2D eigenvalue weighted by molar-refractivity contribution is 9.10. The van der Waals surface area contributed by atoms with Crippen molar-refractivity contribution in [3.05, 3.63) is 33.8 Å². The SMILES string of the molecule is CCN1CCN(Cc2c(F)ccc(Br)c2F)CC1. The Morgan fingerprint density at radius 2 is 1.72 bits per heavy atom. The normalized spacial score (nSPS) is 18.2. The maximum Gasteiger partial charge on any atom is 0.144 e. The fourth-order valence-electron chi connectivity index (χ4n) is 2.20. The summed E-state index contributed by atoms with van der Waals surface area (Å²) in [5, 5.41) is 0. The summed E-state index contributed by atoms with van der Waals surface area (Å²) in [6.45, 7) is 7.16. The molecule has 0 unspecified atom stereocenters. The van der Waals surface area contributed by atoms with Gasteiger partial charge in [-0.1, -0.05) is 6.92 Å². The van der Waals surface area contributed by atoms with Crippen molar-refractivity contribution in [1.29, 1.82) is 0 Å². The largest absolute Gasteiger partial charge is 0.301 e. The van der Waals surface area contributed by atoms with Crippen molar-refractivity contribution in [3.63, 3.8) is 0 Å². The molecular weight excluding hydrogens is 302 g/mol. The summed E-state index contributed by atoms with van der Waals surface area (Å²) < 4.78 is 27.8. The van der Waals surface area contributed by atoms with Crippen molar-refractivity contribution in [3.8, 4) is 0 Å². The Labute approximate surface area is 115 Å². The number of benzene rings is 1. The van der Waals surface area contributed by atoms with E-state index in [0.717, 1.165) is 32.7 Å². The van der Waals surface area contributed by atoms with Crippen molar-refractivity contribution >= 4 is 15.9 Å². The van der Waals surface area contributed by atoms with E-state index in [1.165, 1.54) is 12.1 Å². The molecule has 1 aromatic carbocycles. The van der Waals surface area contributed by atoms with Gasteiger partial charge in [0.15, 0.2) is 0 Å². The fourth-order valence-corrected chi connectivity index (χ4v) is 2.57. The van der Waals surface area contributed by atoms with E-state index in [4.69, 9.17) is 0 Å². The monoisotopic (exact) mass is 318 g/mol. The van der Waals surface area contributed by atoms with Crippen LogP contribution in [0.2, 0.25) is 0 Å². The molecule has 0 atom stereocenters. The molecule has 1 saturated heterocycles. The van der Waals surface area contributed by atoms with E-state index in [1.54, 1.807) is 0 Å². The van der Waals surface area contributed by atoms with E-state index in [2.05, 4.69) is 32.7 Å². The molecule has 0 aliphatic carbocycles. The van der Waals surface area contributed by atoms with Crippen molar-refractivity contribution in [2.75, 3.05) is 32.7 Å². The van der Waals surface area contributed by atoms with Gasteiger partial charge in [-0.05, 0) is 34.6 Å². The lowest BCUT2D eigenvalue weighted by Crippen LogP contribution is -2.45. The van der Waals surface area contributed by atoms with Crippen LogP contribution in [0, 0.1) is 11.6 Å². The Morgan fingerprint density at radius 1 is 1.11 bits per heavy atom. The van der Waals surface area contributed by atoms with Gasteiger partial charge in [0.2, 0.25) is 0 Å². The smallest absolute Gasteiger partial charge is 0.144 e. The van der Waals surface area contributed by atoms with Gasteiger partial charge in [0.05, 0.1) is 4.47 Å². The van der Waals surface area contributed by atoms with Gasteiger partial charge < -0.3 is 4.90 Å². The molecule has 1 aliphatic rings. The molecular formula is C13H17BrF2N2. The zero-order valence-corrected chi connectivity index (χ0v) is 12.0. The number of hydrogen-bond donors (Lipinski definition) is 0. The minimum atomic E-state index is -0.479. The van der Waals surface area contributed by atoms with Gasteiger partial charge in [-0.3, -0.25) is 4.90 Å². The first-order chi connectivity index (χ1) is 8.61. The number of hydrogen-bond acceptors (Lipinski definition) is 2. The molecule has 100 valence electrons. The highest BCUT2D eigenvalue weighted by Gasteiger charge is 2.19. The molecule has 0 N–H and O–H groups in total. The van der Waals surface area contributed by atoms with Gasteiger partial charge in [-0.2, -0.15) is 0 Å². The highest BCUT2D eigenvalue weighted by atomic mass is 79.9. The van der Waals surface area contributed by atoms with Crippen molar-refractivity contribution in [1.82, 2.24) is 9.80 Å². The first-order valence-corrected chi connectivity index (χ1v) is 6.98. The minimum Gasteiger partial charge on any atom is -0.301 e. The molecule has 1 heterocycles. The molecule has 0 bridgehead atoms. The Bertz CT molecular complexity index is 418. The number of rotatable bonds is 3. The fraction of sp³-hybridized carbons (Fsp3) is 0.538. The average Bonchev–Trinajstić information content (AvgIpc) is 2.40. The van der Waals surface area contributed by atoms with Gasteiger partial charge in [-0.15, -0.1) is 0 Å². The van der Waals surface area contributed by atoms with Crippen LogP contribution in [0.3, 0.4) is 0 Å². The molecule has 1 fully saturated rings. The second-order valence-electron chi connectivity index (χ2n) is 4.53. The van der Waals surface area contributed by atoms with Crippen molar-refractivity contribution in [2.45, 2.75) is 13.5 Å². The summed E-state index contributed by atoms with van der Waals surface area (Å²) >= 11 is 3.10. The second kappa shape index (κ2) is 6.08. The third-order valence-corrected chi connectivity index (χ3v) is 4.05. The summed E-state index contributed by atoms with van der Waals surface area (Å²) in [7, 11) is 0.